The van der Waals surface area contributed by atoms with Crippen LogP contribution >= 0.6 is 0 Å². The second-order valence-electron chi connectivity index (χ2n) is 11.6. The number of benzene rings is 1. The quantitative estimate of drug-likeness (QED) is 0.287. The summed E-state index contributed by atoms with van der Waals surface area (Å²) in [6.45, 7) is 18.3. The first kappa shape index (κ1) is 30.6. The van der Waals surface area contributed by atoms with E-state index in [2.05, 4.69) is 51.8 Å². The van der Waals surface area contributed by atoms with Gasteiger partial charge in [0.25, 0.3) is 0 Å². The predicted molar refractivity (Wildman–Crippen MR) is 143 cm³/mol. The smallest absolute Gasteiger partial charge is 0.224 e. The predicted octanol–water partition coefficient (Wildman–Crippen LogP) is 5.86. The molecule has 0 aliphatic rings. The summed E-state index contributed by atoms with van der Waals surface area (Å²) in [5.74, 6) is 0.0433. The van der Waals surface area contributed by atoms with Crippen molar-refractivity contribution in [3.8, 4) is 0 Å². The molecule has 0 aromatic heterocycles. The zero-order chi connectivity index (χ0) is 26.5. The zero-order valence-electron chi connectivity index (χ0n) is 22.7. The Labute approximate surface area is 212 Å². The van der Waals surface area contributed by atoms with Gasteiger partial charge in [-0.2, -0.15) is 0 Å². The number of hydrogen-bond donors (Lipinski definition) is 2. The van der Waals surface area contributed by atoms with E-state index in [9.17, 15) is 14.4 Å². The number of amides is 2. The molecule has 0 bridgehead atoms. The fraction of sp³-hybridized carbons (Fsp3) is 0.621. The topological polar surface area (TPSA) is 84.5 Å². The highest BCUT2D eigenvalue weighted by Crippen LogP contribution is 2.22. The van der Waals surface area contributed by atoms with Crippen LogP contribution in [0.3, 0.4) is 0 Å². The van der Waals surface area contributed by atoms with Gasteiger partial charge in [0.2, 0.25) is 11.8 Å². The van der Waals surface area contributed by atoms with Crippen LogP contribution in [-0.4, -0.2) is 37.4 Å². The molecular formula is C29H46N2O4. The molecule has 196 valence electrons. The molecule has 0 aliphatic carbocycles. The normalized spacial score (nSPS) is 11.7. The van der Waals surface area contributed by atoms with Crippen LogP contribution in [0.5, 0.6) is 0 Å². The summed E-state index contributed by atoms with van der Waals surface area (Å²) in [6.07, 6.45) is 3.54. The van der Waals surface area contributed by atoms with Crippen LogP contribution in [0.25, 0.3) is 0 Å². The van der Waals surface area contributed by atoms with E-state index in [0.29, 0.717) is 57.6 Å². The number of hydrogen-bond acceptors (Lipinski definition) is 4. The van der Waals surface area contributed by atoms with Crippen LogP contribution in [0.1, 0.15) is 85.6 Å². The molecule has 0 radical (unpaired) electrons. The average molecular weight is 487 g/mol. The highest BCUT2D eigenvalue weighted by atomic mass is 16.5. The van der Waals surface area contributed by atoms with E-state index in [1.54, 1.807) is 0 Å². The van der Waals surface area contributed by atoms with Crippen LogP contribution in [0.4, 0.5) is 5.69 Å². The number of aryl methyl sites for hydroxylation is 1. The molecular weight excluding hydrogens is 440 g/mol. The number of carbonyl (C=O) groups excluding carboxylic acids is 3. The van der Waals surface area contributed by atoms with Crippen molar-refractivity contribution < 1.29 is 19.1 Å². The van der Waals surface area contributed by atoms with E-state index >= 15 is 0 Å². The third-order valence-corrected chi connectivity index (χ3v) is 5.39. The average Bonchev–Trinajstić information content (AvgIpc) is 2.71. The maximum atomic E-state index is 12.2. The number of carbonyl (C=O) groups is 3. The van der Waals surface area contributed by atoms with Crippen molar-refractivity contribution in [2.45, 2.75) is 86.5 Å². The Morgan fingerprint density at radius 1 is 0.914 bits per heavy atom. The van der Waals surface area contributed by atoms with Gasteiger partial charge in [-0.3, -0.25) is 14.4 Å². The Kier molecular flexibility index (Phi) is 12.9. The fourth-order valence-electron chi connectivity index (χ4n) is 3.43. The van der Waals surface area contributed by atoms with Gasteiger partial charge in [-0.25, -0.2) is 0 Å². The fourth-order valence-corrected chi connectivity index (χ4v) is 3.43. The van der Waals surface area contributed by atoms with Gasteiger partial charge in [0.15, 0.2) is 0 Å². The summed E-state index contributed by atoms with van der Waals surface area (Å²) in [7, 11) is 0. The zero-order valence-corrected chi connectivity index (χ0v) is 22.7. The minimum Gasteiger partial charge on any atom is -0.380 e. The van der Waals surface area contributed by atoms with E-state index in [4.69, 9.17) is 4.74 Å². The molecule has 1 aromatic carbocycles. The molecule has 2 N–H and O–H groups in total. The maximum Gasteiger partial charge on any atom is 0.224 e. The molecule has 0 heterocycles. The van der Waals surface area contributed by atoms with Crippen LogP contribution in [0, 0.1) is 10.8 Å². The number of ketones is 1. The maximum absolute atomic E-state index is 12.2. The largest absolute Gasteiger partial charge is 0.380 e. The Morgan fingerprint density at radius 2 is 1.54 bits per heavy atom. The molecule has 0 saturated carbocycles. The molecule has 35 heavy (non-hydrogen) atoms. The van der Waals surface area contributed by atoms with E-state index < -0.39 is 0 Å². The van der Waals surface area contributed by atoms with Gasteiger partial charge < -0.3 is 15.4 Å². The van der Waals surface area contributed by atoms with Gasteiger partial charge in [0.05, 0.1) is 13.2 Å². The first-order valence-electron chi connectivity index (χ1n) is 12.7. The van der Waals surface area contributed by atoms with Crippen molar-refractivity contribution in [1.82, 2.24) is 5.32 Å². The Morgan fingerprint density at radius 3 is 2.14 bits per heavy atom. The summed E-state index contributed by atoms with van der Waals surface area (Å²) < 4.78 is 5.83. The van der Waals surface area contributed by atoms with Gasteiger partial charge in [0, 0.05) is 37.9 Å². The molecule has 1 rings (SSSR count). The minimum absolute atomic E-state index is 0.00583. The SMILES string of the molecule is C=C(C)CC(=O)CCc1ccc(NC(=O)CCCC(=O)NCCC(C)(C)COCC(C)(C)C)cc1. The van der Waals surface area contributed by atoms with Crippen molar-refractivity contribution in [1.29, 1.82) is 0 Å². The van der Waals surface area contributed by atoms with Gasteiger partial charge in [-0.1, -0.05) is 58.9 Å². The first-order valence-corrected chi connectivity index (χ1v) is 12.7. The number of ether oxygens (including phenoxy) is 1. The van der Waals surface area contributed by atoms with Crippen molar-refractivity contribution in [3.63, 3.8) is 0 Å². The lowest BCUT2D eigenvalue weighted by Gasteiger charge is -2.27. The second kappa shape index (κ2) is 14.8. The highest BCUT2D eigenvalue weighted by molar-refractivity contribution is 5.91. The highest BCUT2D eigenvalue weighted by Gasteiger charge is 2.20. The van der Waals surface area contributed by atoms with Gasteiger partial charge in [-0.15, -0.1) is 0 Å². The van der Waals surface area contributed by atoms with Crippen molar-refractivity contribution in [3.05, 3.63) is 42.0 Å². The molecule has 1 aromatic rings. The summed E-state index contributed by atoms with van der Waals surface area (Å²) in [4.78, 5) is 36.1. The lowest BCUT2D eigenvalue weighted by molar-refractivity contribution is -0.121. The molecule has 0 saturated heterocycles. The molecule has 2 amide bonds. The minimum atomic E-state index is -0.112. The Balaban J connectivity index is 2.23. The lowest BCUT2D eigenvalue weighted by atomic mass is 9.90. The van der Waals surface area contributed by atoms with Gasteiger partial charge >= 0.3 is 0 Å². The standard InChI is InChI=1S/C29H46N2O4/c1-22(2)19-25(32)16-13-23-11-14-24(15-12-23)31-27(34)10-8-9-26(33)30-18-17-29(6,7)21-35-20-28(3,4)5/h11-12,14-15H,1,8-10,13,16-21H2,2-7H3,(H,30,33)(H,31,34). The lowest BCUT2D eigenvalue weighted by Crippen LogP contribution is -2.31. The number of allylic oxidation sites excluding steroid dienone is 1. The molecule has 0 unspecified atom stereocenters. The van der Waals surface area contributed by atoms with E-state index in [0.717, 1.165) is 17.6 Å². The number of nitrogens with one attached hydrogen (secondary N) is 2. The van der Waals surface area contributed by atoms with Crippen LogP contribution in [0.2, 0.25) is 0 Å². The number of rotatable bonds is 16. The molecule has 6 heteroatoms. The first-order chi connectivity index (χ1) is 16.3. The molecule has 0 spiro atoms. The third-order valence-electron chi connectivity index (χ3n) is 5.39. The van der Waals surface area contributed by atoms with E-state index in [1.807, 2.05) is 31.2 Å². The summed E-state index contributed by atoms with van der Waals surface area (Å²) in [5.41, 5.74) is 2.79. The summed E-state index contributed by atoms with van der Waals surface area (Å²) in [6, 6.07) is 7.53. The van der Waals surface area contributed by atoms with Crippen molar-refractivity contribution in [2.24, 2.45) is 10.8 Å². The van der Waals surface area contributed by atoms with Gasteiger partial charge in [0.1, 0.15) is 5.78 Å². The third kappa shape index (κ3) is 15.9. The number of Topliss-reactive ketones (excluding diaryl/α,β-unsaturated/α-hetero) is 1. The Hall–Kier alpha value is -2.47. The molecule has 6 nitrogen and oxygen atoms in total. The van der Waals surface area contributed by atoms with Crippen molar-refractivity contribution in [2.75, 3.05) is 25.1 Å². The van der Waals surface area contributed by atoms with Gasteiger partial charge in [-0.05, 0) is 54.7 Å². The van der Waals surface area contributed by atoms with Crippen LogP contribution in [0.15, 0.2) is 36.4 Å². The molecule has 0 atom stereocenters. The second-order valence-corrected chi connectivity index (χ2v) is 11.6. The van der Waals surface area contributed by atoms with Crippen LogP contribution in [-0.2, 0) is 25.5 Å². The van der Waals surface area contributed by atoms with E-state index in [-0.39, 0.29) is 34.8 Å². The molecule has 0 fully saturated rings. The van der Waals surface area contributed by atoms with E-state index in [1.165, 1.54) is 0 Å². The number of anilines is 1. The Bertz CT molecular complexity index is 835. The van der Waals surface area contributed by atoms with Crippen LogP contribution < -0.4 is 10.6 Å². The monoisotopic (exact) mass is 486 g/mol. The summed E-state index contributed by atoms with van der Waals surface area (Å²) >= 11 is 0. The molecule has 0 aliphatic heterocycles. The summed E-state index contributed by atoms with van der Waals surface area (Å²) in [5, 5.41) is 5.81. The van der Waals surface area contributed by atoms with Crippen molar-refractivity contribution >= 4 is 23.3 Å².